The highest BCUT2D eigenvalue weighted by atomic mass is 16.5. The van der Waals surface area contributed by atoms with Crippen LogP contribution in [0.4, 0.5) is 0 Å². The quantitative estimate of drug-likeness (QED) is 0.823. The van der Waals surface area contributed by atoms with Crippen molar-refractivity contribution in [3.63, 3.8) is 0 Å². The van der Waals surface area contributed by atoms with Crippen LogP contribution >= 0.6 is 0 Å². The fourth-order valence-electron chi connectivity index (χ4n) is 5.86. The lowest BCUT2D eigenvalue weighted by Gasteiger charge is -2.44. The van der Waals surface area contributed by atoms with Crippen molar-refractivity contribution >= 4 is 0 Å². The summed E-state index contributed by atoms with van der Waals surface area (Å²) in [4.78, 5) is 2.45. The van der Waals surface area contributed by atoms with Crippen LogP contribution in [-0.2, 0) is 11.2 Å². The van der Waals surface area contributed by atoms with E-state index in [2.05, 4.69) is 30.1 Å². The number of nitrogens with zero attached hydrogens (tertiary/aromatic N) is 1. The highest BCUT2D eigenvalue weighted by Gasteiger charge is 2.50. The Morgan fingerprint density at radius 1 is 1.22 bits per heavy atom. The average molecular weight is 373 g/mol. The zero-order valence-electron chi connectivity index (χ0n) is 17.0. The molecule has 3 fully saturated rings. The molecule has 4 atom stereocenters. The minimum Gasteiger partial charge on any atom is -0.508 e. The van der Waals surface area contributed by atoms with Crippen molar-refractivity contribution in [2.45, 2.75) is 64.4 Å². The SMILES string of the molecule is CCc1cc(O)ccc1C1CCC2(C)C(CCC2OCN2CCNCC2)C1. The molecule has 1 saturated heterocycles. The Balaban J connectivity index is 1.40. The van der Waals surface area contributed by atoms with E-state index in [1.165, 1.54) is 43.2 Å². The lowest BCUT2D eigenvalue weighted by atomic mass is 9.63. The molecular weight excluding hydrogens is 336 g/mol. The van der Waals surface area contributed by atoms with Crippen molar-refractivity contribution in [1.82, 2.24) is 10.2 Å². The van der Waals surface area contributed by atoms with Crippen LogP contribution in [0.5, 0.6) is 5.75 Å². The highest BCUT2D eigenvalue weighted by Crippen LogP contribution is 2.56. The first kappa shape index (κ1) is 19.2. The first-order chi connectivity index (χ1) is 13.1. The van der Waals surface area contributed by atoms with Crippen LogP contribution in [0.1, 0.15) is 63.0 Å². The van der Waals surface area contributed by atoms with Crippen LogP contribution in [-0.4, -0.2) is 49.0 Å². The number of rotatable bonds is 5. The summed E-state index contributed by atoms with van der Waals surface area (Å²) in [6.07, 6.45) is 7.73. The molecule has 1 aromatic rings. The third-order valence-electron chi connectivity index (χ3n) is 7.66. The van der Waals surface area contributed by atoms with E-state index in [-0.39, 0.29) is 0 Å². The van der Waals surface area contributed by atoms with Gasteiger partial charge in [-0.1, -0.05) is 19.9 Å². The molecule has 4 rings (SSSR count). The predicted octanol–water partition coefficient (Wildman–Crippen LogP) is 3.89. The predicted molar refractivity (Wildman–Crippen MR) is 109 cm³/mol. The van der Waals surface area contributed by atoms with E-state index < -0.39 is 0 Å². The molecular formula is C23H36N2O2. The Morgan fingerprint density at radius 3 is 2.81 bits per heavy atom. The number of benzene rings is 1. The van der Waals surface area contributed by atoms with Gasteiger partial charge in [-0.15, -0.1) is 0 Å². The number of nitrogens with one attached hydrogen (secondary N) is 1. The molecule has 150 valence electrons. The number of phenolic OH excluding ortho intramolecular Hbond substituents is 1. The fraction of sp³-hybridized carbons (Fsp3) is 0.739. The third-order valence-corrected chi connectivity index (χ3v) is 7.66. The largest absolute Gasteiger partial charge is 0.508 e. The van der Waals surface area contributed by atoms with Gasteiger partial charge in [-0.05, 0) is 79.0 Å². The average Bonchev–Trinajstić information content (AvgIpc) is 3.02. The molecule has 0 aromatic heterocycles. The standard InChI is InChI=1S/C23H36N2O2/c1-3-17-15-20(26)5-6-21(17)18-8-9-23(2)19(14-18)4-7-22(23)27-16-25-12-10-24-11-13-25/h5-6,15,18-19,22,24,26H,3-4,7-14,16H2,1-2H3. The molecule has 4 heteroatoms. The minimum atomic E-state index is 0.341. The number of hydrogen-bond donors (Lipinski definition) is 2. The number of aromatic hydroxyl groups is 1. The molecule has 0 spiro atoms. The minimum absolute atomic E-state index is 0.341. The van der Waals surface area contributed by atoms with Gasteiger partial charge in [0.05, 0.1) is 12.8 Å². The van der Waals surface area contributed by atoms with Gasteiger partial charge >= 0.3 is 0 Å². The zero-order valence-corrected chi connectivity index (χ0v) is 17.0. The number of ether oxygens (including phenoxy) is 1. The monoisotopic (exact) mass is 372 g/mol. The first-order valence-corrected chi connectivity index (χ1v) is 11.0. The third kappa shape index (κ3) is 3.90. The Kier molecular flexibility index (Phi) is 5.77. The summed E-state index contributed by atoms with van der Waals surface area (Å²) in [5.41, 5.74) is 3.14. The molecule has 27 heavy (non-hydrogen) atoms. The maximum absolute atomic E-state index is 9.84. The van der Waals surface area contributed by atoms with Gasteiger partial charge < -0.3 is 15.2 Å². The second kappa shape index (κ2) is 8.10. The van der Waals surface area contributed by atoms with Crippen molar-refractivity contribution in [2.75, 3.05) is 32.9 Å². The molecule has 1 aromatic carbocycles. The van der Waals surface area contributed by atoms with Crippen LogP contribution in [0, 0.1) is 11.3 Å². The second-order valence-electron chi connectivity index (χ2n) is 9.14. The van der Waals surface area contributed by atoms with Crippen LogP contribution in [0.25, 0.3) is 0 Å². The lowest BCUT2D eigenvalue weighted by molar-refractivity contribution is -0.0871. The molecule has 0 radical (unpaired) electrons. The molecule has 1 aliphatic heterocycles. The maximum atomic E-state index is 9.84. The Bertz CT molecular complexity index is 643. The fourth-order valence-corrected chi connectivity index (χ4v) is 5.86. The number of hydrogen-bond acceptors (Lipinski definition) is 4. The van der Waals surface area contributed by atoms with Crippen molar-refractivity contribution in [3.05, 3.63) is 29.3 Å². The van der Waals surface area contributed by atoms with Crippen LogP contribution in [0.15, 0.2) is 18.2 Å². The molecule has 0 amide bonds. The molecule has 1 heterocycles. The van der Waals surface area contributed by atoms with Crippen LogP contribution < -0.4 is 5.32 Å². The van der Waals surface area contributed by atoms with E-state index in [0.29, 0.717) is 23.2 Å². The molecule has 2 saturated carbocycles. The van der Waals surface area contributed by atoms with Gasteiger partial charge in [0.1, 0.15) is 5.75 Å². The van der Waals surface area contributed by atoms with Gasteiger partial charge in [-0.2, -0.15) is 0 Å². The Morgan fingerprint density at radius 2 is 2.04 bits per heavy atom. The van der Waals surface area contributed by atoms with Gasteiger partial charge in [-0.25, -0.2) is 0 Å². The van der Waals surface area contributed by atoms with Crippen molar-refractivity contribution in [2.24, 2.45) is 11.3 Å². The number of phenols is 1. The van der Waals surface area contributed by atoms with Gasteiger partial charge in [0.25, 0.3) is 0 Å². The van der Waals surface area contributed by atoms with Crippen molar-refractivity contribution in [3.8, 4) is 5.75 Å². The summed E-state index contributed by atoms with van der Waals surface area (Å²) in [5.74, 6) is 1.81. The molecule has 0 bridgehead atoms. The van der Waals surface area contributed by atoms with E-state index in [4.69, 9.17) is 4.74 Å². The maximum Gasteiger partial charge on any atom is 0.115 e. The first-order valence-electron chi connectivity index (χ1n) is 11.0. The molecule has 2 N–H and O–H groups in total. The van der Waals surface area contributed by atoms with Crippen molar-refractivity contribution in [1.29, 1.82) is 0 Å². The van der Waals surface area contributed by atoms with Gasteiger partial charge in [-0.3, -0.25) is 4.90 Å². The van der Waals surface area contributed by atoms with E-state index in [0.717, 1.165) is 45.2 Å². The Labute approximate surface area is 164 Å². The van der Waals surface area contributed by atoms with E-state index in [1.807, 2.05) is 12.1 Å². The molecule has 2 aliphatic carbocycles. The van der Waals surface area contributed by atoms with Crippen molar-refractivity contribution < 1.29 is 9.84 Å². The van der Waals surface area contributed by atoms with E-state index in [1.54, 1.807) is 0 Å². The van der Waals surface area contributed by atoms with Crippen LogP contribution in [0.3, 0.4) is 0 Å². The number of fused-ring (bicyclic) bond motifs is 1. The summed E-state index contributed by atoms with van der Waals surface area (Å²) in [5, 5.41) is 13.3. The number of aryl methyl sites for hydroxylation is 1. The molecule has 4 nitrogen and oxygen atoms in total. The second-order valence-corrected chi connectivity index (χ2v) is 9.14. The van der Waals surface area contributed by atoms with Crippen LogP contribution in [0.2, 0.25) is 0 Å². The lowest BCUT2D eigenvalue weighted by Crippen LogP contribution is -2.46. The molecule has 4 unspecified atom stereocenters. The zero-order chi connectivity index (χ0) is 18.9. The summed E-state index contributed by atoms with van der Waals surface area (Å²) in [6, 6.07) is 6.02. The highest BCUT2D eigenvalue weighted by molar-refractivity contribution is 5.37. The topological polar surface area (TPSA) is 44.7 Å². The summed E-state index contributed by atoms with van der Waals surface area (Å²) >= 11 is 0. The van der Waals surface area contributed by atoms with Gasteiger partial charge in [0.15, 0.2) is 0 Å². The summed E-state index contributed by atoms with van der Waals surface area (Å²) < 4.78 is 6.48. The summed E-state index contributed by atoms with van der Waals surface area (Å²) in [7, 11) is 0. The number of piperazine rings is 1. The van der Waals surface area contributed by atoms with Gasteiger partial charge in [0, 0.05) is 26.2 Å². The van der Waals surface area contributed by atoms with E-state index >= 15 is 0 Å². The van der Waals surface area contributed by atoms with Gasteiger partial charge in [0.2, 0.25) is 0 Å². The Hall–Kier alpha value is -1.10. The molecule has 3 aliphatic rings. The van der Waals surface area contributed by atoms with E-state index in [9.17, 15) is 5.11 Å². The summed E-state index contributed by atoms with van der Waals surface area (Å²) in [6.45, 7) is 9.87. The normalized spacial score (nSPS) is 34.5. The smallest absolute Gasteiger partial charge is 0.115 e.